The second kappa shape index (κ2) is 10.5. The summed E-state index contributed by atoms with van der Waals surface area (Å²) in [5.74, 6) is 0.610. The van der Waals surface area contributed by atoms with Gasteiger partial charge in [0.2, 0.25) is 0 Å². The van der Waals surface area contributed by atoms with E-state index >= 15 is 0 Å². The standard InChI is InChI=1S/C22H17BrI2N2O2/c1-14-3-2-4-17(9-14)22(28)27-26-12-16-10-19(24)21(20(25)11-16)29-13-15-5-7-18(23)8-6-15/h2-12H,13H2,1H3,(H,27,28)/b26-12-. The summed E-state index contributed by atoms with van der Waals surface area (Å²) in [6, 6.07) is 19.4. The molecule has 148 valence electrons. The first kappa shape index (κ1) is 22.2. The summed E-state index contributed by atoms with van der Waals surface area (Å²) < 4.78 is 9.03. The second-order valence-corrected chi connectivity index (χ2v) is 9.54. The Bertz CT molecular complexity index is 1030. The Hall–Kier alpha value is -1.46. The minimum atomic E-state index is -0.233. The Morgan fingerprint density at radius 2 is 1.79 bits per heavy atom. The van der Waals surface area contributed by atoms with E-state index in [1.54, 1.807) is 12.3 Å². The van der Waals surface area contributed by atoms with E-state index in [4.69, 9.17) is 4.74 Å². The molecule has 29 heavy (non-hydrogen) atoms. The van der Waals surface area contributed by atoms with Crippen molar-refractivity contribution in [3.63, 3.8) is 0 Å². The van der Waals surface area contributed by atoms with Crippen LogP contribution >= 0.6 is 61.1 Å². The van der Waals surface area contributed by atoms with Crippen LogP contribution in [0.15, 0.2) is 70.2 Å². The number of benzene rings is 3. The highest BCUT2D eigenvalue weighted by Crippen LogP contribution is 2.29. The molecule has 1 N–H and O–H groups in total. The average Bonchev–Trinajstić information content (AvgIpc) is 2.68. The first-order valence-corrected chi connectivity index (χ1v) is 11.6. The fourth-order valence-corrected chi connectivity index (χ4v) is 4.94. The third-order valence-corrected chi connectivity index (χ3v) is 6.11. The van der Waals surface area contributed by atoms with Gasteiger partial charge < -0.3 is 4.74 Å². The number of aryl methyl sites for hydroxylation is 1. The van der Waals surface area contributed by atoms with Crippen molar-refractivity contribution in [1.82, 2.24) is 5.43 Å². The number of hydrazone groups is 1. The molecular weight excluding hydrogens is 658 g/mol. The maximum atomic E-state index is 12.2. The minimum absolute atomic E-state index is 0.233. The molecule has 0 aliphatic heterocycles. The molecule has 3 aromatic rings. The molecule has 0 radical (unpaired) electrons. The van der Waals surface area contributed by atoms with Crippen molar-refractivity contribution in [2.24, 2.45) is 5.10 Å². The van der Waals surface area contributed by atoms with E-state index in [1.807, 2.05) is 61.5 Å². The third kappa shape index (κ3) is 6.51. The van der Waals surface area contributed by atoms with E-state index in [-0.39, 0.29) is 5.91 Å². The van der Waals surface area contributed by atoms with Gasteiger partial charge in [0.15, 0.2) is 0 Å². The molecule has 4 nitrogen and oxygen atoms in total. The molecule has 0 aliphatic rings. The molecule has 3 rings (SSSR count). The fourth-order valence-electron chi connectivity index (χ4n) is 2.54. The van der Waals surface area contributed by atoms with Gasteiger partial charge in [-0.25, -0.2) is 5.43 Å². The normalized spacial score (nSPS) is 10.9. The summed E-state index contributed by atoms with van der Waals surface area (Å²) in [5, 5.41) is 4.08. The summed E-state index contributed by atoms with van der Waals surface area (Å²) in [6.07, 6.45) is 1.64. The highest BCUT2D eigenvalue weighted by molar-refractivity contribution is 14.1. The Morgan fingerprint density at radius 1 is 1.10 bits per heavy atom. The zero-order valence-corrected chi connectivity index (χ0v) is 21.4. The Morgan fingerprint density at radius 3 is 2.45 bits per heavy atom. The quantitative estimate of drug-likeness (QED) is 0.189. The van der Waals surface area contributed by atoms with Gasteiger partial charge in [0.1, 0.15) is 12.4 Å². The molecule has 0 aromatic heterocycles. The third-order valence-electron chi connectivity index (χ3n) is 3.98. The van der Waals surface area contributed by atoms with Crippen molar-refractivity contribution in [3.05, 3.63) is 94.5 Å². The fraction of sp³-hybridized carbons (Fsp3) is 0.0909. The molecule has 0 saturated heterocycles. The van der Waals surface area contributed by atoms with E-state index in [0.29, 0.717) is 12.2 Å². The predicted molar refractivity (Wildman–Crippen MR) is 137 cm³/mol. The van der Waals surface area contributed by atoms with Crippen LogP contribution in [0.3, 0.4) is 0 Å². The molecule has 0 unspecified atom stereocenters. The van der Waals surface area contributed by atoms with E-state index in [0.717, 1.165) is 34.1 Å². The topological polar surface area (TPSA) is 50.7 Å². The lowest BCUT2D eigenvalue weighted by molar-refractivity contribution is 0.0955. The zero-order valence-electron chi connectivity index (χ0n) is 15.5. The van der Waals surface area contributed by atoms with Gasteiger partial charge in [-0.15, -0.1) is 0 Å². The Balaban J connectivity index is 1.64. The highest BCUT2D eigenvalue weighted by atomic mass is 127. The minimum Gasteiger partial charge on any atom is -0.487 e. The van der Waals surface area contributed by atoms with E-state index in [1.165, 1.54) is 0 Å². The number of ether oxygens (including phenoxy) is 1. The Kier molecular flexibility index (Phi) is 8.07. The molecule has 0 heterocycles. The van der Waals surface area contributed by atoms with Gasteiger partial charge in [-0.2, -0.15) is 5.10 Å². The van der Waals surface area contributed by atoms with Crippen LogP contribution in [-0.4, -0.2) is 12.1 Å². The number of hydrogen-bond acceptors (Lipinski definition) is 3. The van der Waals surface area contributed by atoms with Gasteiger partial charge in [0.25, 0.3) is 5.91 Å². The number of amides is 1. The molecule has 0 atom stereocenters. The van der Waals surface area contributed by atoms with Crippen molar-refractivity contribution in [2.75, 3.05) is 0 Å². The number of carbonyl (C=O) groups is 1. The summed E-state index contributed by atoms with van der Waals surface area (Å²) in [6.45, 7) is 2.45. The number of nitrogens with one attached hydrogen (secondary N) is 1. The number of rotatable bonds is 6. The first-order chi connectivity index (χ1) is 13.9. The molecule has 0 fully saturated rings. The van der Waals surface area contributed by atoms with Crippen LogP contribution < -0.4 is 10.2 Å². The lowest BCUT2D eigenvalue weighted by Crippen LogP contribution is -2.17. The van der Waals surface area contributed by atoms with Crippen LogP contribution in [0.25, 0.3) is 0 Å². The number of halogens is 3. The number of hydrogen-bond donors (Lipinski definition) is 1. The molecular formula is C22H17BrI2N2O2. The van der Waals surface area contributed by atoms with Crippen LogP contribution in [0.4, 0.5) is 0 Å². The maximum Gasteiger partial charge on any atom is 0.271 e. The first-order valence-electron chi connectivity index (χ1n) is 8.69. The van der Waals surface area contributed by atoms with E-state index in [9.17, 15) is 4.79 Å². The molecule has 3 aromatic carbocycles. The van der Waals surface area contributed by atoms with Crippen LogP contribution in [0.1, 0.15) is 27.0 Å². The largest absolute Gasteiger partial charge is 0.487 e. The summed E-state index contributed by atoms with van der Waals surface area (Å²) in [4.78, 5) is 12.2. The van der Waals surface area contributed by atoms with Gasteiger partial charge in [0.05, 0.1) is 13.4 Å². The van der Waals surface area contributed by atoms with Crippen LogP contribution in [-0.2, 0) is 6.61 Å². The Labute approximate surface area is 205 Å². The van der Waals surface area contributed by atoms with Gasteiger partial charge >= 0.3 is 0 Å². The smallest absolute Gasteiger partial charge is 0.271 e. The van der Waals surface area contributed by atoms with Gasteiger partial charge in [0, 0.05) is 10.0 Å². The zero-order chi connectivity index (χ0) is 20.8. The lowest BCUT2D eigenvalue weighted by atomic mass is 10.1. The molecule has 7 heteroatoms. The van der Waals surface area contributed by atoms with Crippen molar-refractivity contribution < 1.29 is 9.53 Å². The number of nitrogens with zero attached hydrogens (tertiary/aromatic N) is 1. The predicted octanol–water partition coefficient (Wildman–Crippen LogP) is 6.31. The van der Waals surface area contributed by atoms with E-state index < -0.39 is 0 Å². The summed E-state index contributed by atoms with van der Waals surface area (Å²) >= 11 is 7.94. The van der Waals surface area contributed by atoms with Crippen molar-refractivity contribution in [1.29, 1.82) is 0 Å². The average molecular weight is 675 g/mol. The molecule has 0 aliphatic carbocycles. The van der Waals surface area contributed by atoms with Gasteiger partial charge in [-0.1, -0.05) is 45.8 Å². The van der Waals surface area contributed by atoms with Gasteiger partial charge in [-0.3, -0.25) is 4.79 Å². The molecule has 0 bridgehead atoms. The molecule has 0 spiro atoms. The highest BCUT2D eigenvalue weighted by Gasteiger charge is 2.09. The second-order valence-electron chi connectivity index (χ2n) is 6.30. The SMILES string of the molecule is Cc1cccc(C(=O)N/N=C\c2cc(I)c(OCc3ccc(Br)cc3)c(I)c2)c1. The van der Waals surface area contributed by atoms with Crippen LogP contribution in [0, 0.1) is 14.1 Å². The lowest BCUT2D eigenvalue weighted by Gasteiger charge is -2.11. The van der Waals surface area contributed by atoms with Crippen LogP contribution in [0.5, 0.6) is 5.75 Å². The van der Waals surface area contributed by atoms with Crippen molar-refractivity contribution >= 4 is 73.2 Å². The van der Waals surface area contributed by atoms with Crippen molar-refractivity contribution in [3.8, 4) is 5.75 Å². The van der Waals surface area contributed by atoms with Crippen molar-refractivity contribution in [2.45, 2.75) is 13.5 Å². The molecule has 0 saturated carbocycles. The molecule has 1 amide bonds. The summed E-state index contributed by atoms with van der Waals surface area (Å²) in [5.41, 5.74) is 6.18. The van der Waals surface area contributed by atoms with Crippen LogP contribution in [0.2, 0.25) is 0 Å². The summed E-state index contributed by atoms with van der Waals surface area (Å²) in [7, 11) is 0. The maximum absolute atomic E-state index is 12.2. The van der Waals surface area contributed by atoms with Gasteiger partial charge in [-0.05, 0) is 99.6 Å². The number of carbonyl (C=O) groups excluding carboxylic acids is 1. The van der Waals surface area contributed by atoms with E-state index in [2.05, 4.69) is 71.6 Å². The monoisotopic (exact) mass is 674 g/mol.